The summed E-state index contributed by atoms with van der Waals surface area (Å²) in [6.45, 7) is 0. The van der Waals surface area contributed by atoms with Gasteiger partial charge in [0.2, 0.25) is 0 Å². The number of rotatable bonds is 12. The Hall–Kier alpha value is -19.8. The second-order valence-corrected chi connectivity index (χ2v) is 32.8. The Kier molecular flexibility index (Phi) is 14.1. The Morgan fingerprint density at radius 2 is 0.410 bits per heavy atom. The van der Waals surface area contributed by atoms with Gasteiger partial charge in [0.05, 0.1) is 53.5 Å². The zero-order valence-corrected chi connectivity index (χ0v) is 74.3. The average Bonchev–Trinajstić information content (AvgIpc) is 1.52. The molecule has 0 spiro atoms. The molecular formula is C128H78N12O4. The number of fused-ring (bicyclic) bond motifs is 17. The van der Waals surface area contributed by atoms with Crippen molar-refractivity contribution in [2.24, 2.45) is 0 Å². The summed E-state index contributed by atoms with van der Waals surface area (Å²) in [5.74, 6) is -1.44. The van der Waals surface area contributed by atoms with E-state index >= 15 is 0 Å². The van der Waals surface area contributed by atoms with E-state index in [1.165, 1.54) is 0 Å². The van der Waals surface area contributed by atoms with Crippen LogP contribution in [0.2, 0.25) is 0 Å². The molecule has 0 atom stereocenters. The van der Waals surface area contributed by atoms with Gasteiger partial charge in [-0.05, 0) is 151 Å². The molecule has 0 unspecified atom stereocenters. The van der Waals surface area contributed by atoms with Crippen molar-refractivity contribution in [3.05, 3.63) is 472 Å². The Morgan fingerprint density at radius 1 is 0.146 bits per heavy atom. The highest BCUT2D eigenvalue weighted by molar-refractivity contribution is 6.17. The molecule has 0 aliphatic rings. The lowest BCUT2D eigenvalue weighted by Crippen LogP contribution is -2.00. The molecule has 674 valence electrons. The molecule has 0 amide bonds. The van der Waals surface area contributed by atoms with E-state index in [4.69, 9.17) is 80.6 Å². The van der Waals surface area contributed by atoms with E-state index in [0.717, 1.165) is 103 Å². The third kappa shape index (κ3) is 16.5. The molecule has 21 aromatic carbocycles. The SMILES string of the molecule is [2H]c1c([2H])c([2H])c(-c2nc(-c3c([2H])c([2H])c([2H])c([2H])c3[2H])nc(-c3cccc4c3oc3cc5ccccc5cc34)n2)c([2H])c1[2H].[2H]c1c([2H])c([2H])c(-c2nc(-c3ccc4c(c3)oc3cc5ccccc5cc34)nc(-c3c([2H])c([2H])c([2H])c([2H])c3[2H])n2)c([2H])c1[2H].[2H]c1c([2H])c([2H])c(-c2nc(-c3ccc4ccccc4c3)nc(-c3cccc4oc5cc6ccccc6cc5c34)n2)c([2H])c1[2H].[2H]c1c([2H])c([2H])c(-c2nc(-c3ccc4oc5cc6ccccc6cc5c4c3)nc(-c3c([2H])c([2H])c([2H])c([2H])c3[2H])n2)c([2H])c1[2H]. The quantitative estimate of drug-likeness (QED) is 0.111. The predicted molar refractivity (Wildman–Crippen MR) is 581 cm³/mol. The van der Waals surface area contributed by atoms with E-state index in [0.29, 0.717) is 78.5 Å². The van der Waals surface area contributed by atoms with Crippen molar-refractivity contribution in [1.82, 2.24) is 59.8 Å². The minimum Gasteiger partial charge on any atom is -0.456 e. The normalized spacial score (nSPS) is 14.9. The van der Waals surface area contributed by atoms with Crippen LogP contribution in [0.4, 0.5) is 0 Å². The third-order valence-electron chi connectivity index (χ3n) is 24.0. The van der Waals surface area contributed by atoms with Gasteiger partial charge in [-0.15, -0.1) is 0 Å². The van der Waals surface area contributed by atoms with Crippen molar-refractivity contribution in [2.45, 2.75) is 0 Å². The van der Waals surface area contributed by atoms with E-state index < -0.39 is 199 Å². The number of furan rings is 4. The summed E-state index contributed by atoms with van der Waals surface area (Å²) in [6, 6.07) is 63.0. The highest BCUT2D eigenvalue weighted by Crippen LogP contribution is 2.44. The molecule has 0 aliphatic heterocycles. The van der Waals surface area contributed by atoms with Crippen LogP contribution < -0.4 is 0 Å². The fourth-order valence-corrected chi connectivity index (χ4v) is 17.3. The van der Waals surface area contributed by atoms with Crippen molar-refractivity contribution < 1.29 is 65.6 Å². The van der Waals surface area contributed by atoms with Crippen molar-refractivity contribution in [2.75, 3.05) is 0 Å². The van der Waals surface area contributed by atoms with E-state index in [1.807, 2.05) is 212 Å². The van der Waals surface area contributed by atoms with E-state index in [9.17, 15) is 0 Å². The van der Waals surface area contributed by atoms with Crippen LogP contribution >= 0.6 is 0 Å². The topological polar surface area (TPSA) is 207 Å². The van der Waals surface area contributed by atoms with Gasteiger partial charge in [0, 0.05) is 104 Å². The molecule has 0 saturated carbocycles. The first-order valence-electron chi connectivity index (χ1n) is 62.2. The van der Waals surface area contributed by atoms with Crippen molar-refractivity contribution in [3.8, 4) is 137 Å². The minimum absolute atomic E-state index is 0.00865. The Bertz CT molecular complexity index is 11900. The third-order valence-corrected chi connectivity index (χ3v) is 24.0. The molecule has 16 nitrogen and oxygen atoms in total. The molecule has 29 rings (SSSR count). The monoisotopic (exact) mass is 1880 g/mol. The van der Waals surface area contributed by atoms with Gasteiger partial charge in [-0.3, -0.25) is 0 Å². The molecule has 0 N–H and O–H groups in total. The van der Waals surface area contributed by atoms with Crippen LogP contribution in [0.1, 0.15) is 48.0 Å². The van der Waals surface area contributed by atoms with Gasteiger partial charge in [-0.2, -0.15) is 0 Å². The lowest BCUT2D eigenvalue weighted by Gasteiger charge is -2.10. The summed E-state index contributed by atoms with van der Waals surface area (Å²) in [5, 5.41) is 16.8. The lowest BCUT2D eigenvalue weighted by molar-refractivity contribution is 0.669. The van der Waals surface area contributed by atoms with Gasteiger partial charge in [-0.1, -0.05) is 375 Å². The molecular weight excluding hydrogens is 1770 g/mol. The van der Waals surface area contributed by atoms with Crippen LogP contribution in [0.15, 0.2) is 490 Å². The Morgan fingerprint density at radius 3 is 0.819 bits per heavy atom. The zero-order valence-electron chi connectivity index (χ0n) is 109. The maximum atomic E-state index is 8.63. The first-order chi connectivity index (χ1) is 85.8. The van der Waals surface area contributed by atoms with E-state index in [1.54, 1.807) is 42.5 Å². The second-order valence-electron chi connectivity index (χ2n) is 32.8. The second kappa shape index (κ2) is 36.6. The van der Waals surface area contributed by atoms with E-state index in [2.05, 4.69) is 50.9 Å². The maximum Gasteiger partial charge on any atom is 0.167 e. The highest BCUT2D eigenvalue weighted by atomic mass is 16.3. The van der Waals surface area contributed by atoms with Gasteiger partial charge in [0.15, 0.2) is 69.9 Å². The van der Waals surface area contributed by atoms with Crippen LogP contribution in [0.3, 0.4) is 0 Å². The molecule has 8 heterocycles. The molecule has 0 radical (unpaired) electrons. The van der Waals surface area contributed by atoms with Crippen LogP contribution in [0.25, 0.3) is 278 Å². The van der Waals surface area contributed by atoms with Gasteiger partial charge < -0.3 is 17.7 Å². The van der Waals surface area contributed by atoms with Gasteiger partial charge >= 0.3 is 0 Å². The summed E-state index contributed by atoms with van der Waals surface area (Å²) in [7, 11) is 0. The van der Waals surface area contributed by atoms with Crippen LogP contribution in [0.5, 0.6) is 0 Å². The largest absolute Gasteiger partial charge is 0.456 e. The molecule has 29 aromatic rings. The maximum absolute atomic E-state index is 8.63. The predicted octanol–water partition coefficient (Wildman–Crippen LogP) is 32.9. The number of aromatic nitrogens is 12. The first-order valence-corrected chi connectivity index (χ1v) is 44.7. The summed E-state index contributed by atoms with van der Waals surface area (Å²) in [4.78, 5) is 54.4. The first kappa shape index (κ1) is 55.5. The van der Waals surface area contributed by atoms with Crippen LogP contribution in [0, 0.1) is 0 Å². The van der Waals surface area contributed by atoms with E-state index in [-0.39, 0.29) is 109 Å². The Balaban J connectivity index is 0.000000115. The molecule has 0 fully saturated rings. The van der Waals surface area contributed by atoms with Crippen molar-refractivity contribution in [1.29, 1.82) is 0 Å². The molecule has 8 aromatic heterocycles. The molecule has 16 heteroatoms. The van der Waals surface area contributed by atoms with Crippen LogP contribution in [-0.2, 0) is 0 Å². The van der Waals surface area contributed by atoms with Crippen molar-refractivity contribution >= 4 is 142 Å². The minimum atomic E-state index is -0.608. The van der Waals surface area contributed by atoms with Gasteiger partial charge in [0.25, 0.3) is 0 Å². The summed E-state index contributed by atoms with van der Waals surface area (Å²) in [5.41, 5.74) is 5.33. The molecule has 0 aliphatic carbocycles. The summed E-state index contributed by atoms with van der Waals surface area (Å²) < 4.78 is 315. The molecule has 0 saturated heterocycles. The van der Waals surface area contributed by atoms with Crippen molar-refractivity contribution in [3.63, 3.8) is 0 Å². The molecule has 0 bridgehead atoms. The summed E-state index contributed by atoms with van der Waals surface area (Å²) >= 11 is 0. The van der Waals surface area contributed by atoms with Gasteiger partial charge in [0.1, 0.15) is 44.7 Å². The number of hydrogen-bond acceptors (Lipinski definition) is 16. The zero-order chi connectivity index (χ0) is 126. The Labute approximate surface area is 872 Å². The average molecular weight is 1880 g/mol. The fraction of sp³-hybridized carbons (Fsp3) is 0. The summed E-state index contributed by atoms with van der Waals surface area (Å²) in [6.07, 6.45) is 0. The number of nitrogens with zero attached hydrogens (tertiary/aromatic N) is 12. The number of benzene rings is 21. The smallest absolute Gasteiger partial charge is 0.167 e. The lowest BCUT2D eigenvalue weighted by atomic mass is 10.0. The number of hydrogen-bond donors (Lipinski definition) is 0. The standard InChI is InChI=1S/C35H21N3O.3C31H19N3O/c1-2-10-23(11-3-1)33-36-34(27-18-17-22-9-4-5-12-24(22)19-27)38-35(37-33)28-15-8-16-30-32(28)29-20-25-13-6-7-14-26(25)21-31(29)39-30;1-3-10-20(11-4-1)29-32-30(21-12-5-2-6-13-21)34-31(33-29)25-17-9-16-24-26-18-22-14-7-8-15-23(22)19-27(26)35-28(24)25;1-3-9-20(10-4-1)29-32-30(21-11-5-2-6-12-21)34-31(33-29)24-15-16-27-25(18-24)26-17-22-13-7-8-14-23(22)19-28(26)35-27;1-3-9-20(10-4-1)29-32-30(21-11-5-2-6-12-21)34-31(33-29)24-15-16-25-26-17-22-13-7-8-14-23(22)18-28(26)35-27(25)19-24/h1-21H;3*1-19H/i1D,2D,3D,10D,11D;1D,2D,3D,4D,5D,6D,10D,11D,12D,13D;2*1D,2D,3D,4D,5D,6D,9D,10D,11D,12D. The van der Waals surface area contributed by atoms with Crippen LogP contribution in [-0.4, -0.2) is 59.8 Å². The van der Waals surface area contributed by atoms with Gasteiger partial charge in [-0.25, -0.2) is 59.8 Å². The highest BCUT2D eigenvalue weighted by Gasteiger charge is 2.25. The number of para-hydroxylation sites is 1. The fourth-order valence-electron chi connectivity index (χ4n) is 17.3. The molecule has 144 heavy (non-hydrogen) atoms.